The summed E-state index contributed by atoms with van der Waals surface area (Å²) in [5.41, 5.74) is 1.92. The van der Waals surface area contributed by atoms with Crippen LogP contribution in [0, 0.1) is 11.3 Å². The van der Waals surface area contributed by atoms with Crippen LogP contribution < -0.4 is 9.47 Å². The molecule has 0 spiro atoms. The van der Waals surface area contributed by atoms with Crippen molar-refractivity contribution in [3.8, 4) is 17.6 Å². The topological polar surface area (TPSA) is 62.5 Å². The molecule has 0 amide bonds. The van der Waals surface area contributed by atoms with Crippen molar-refractivity contribution in [1.82, 2.24) is 0 Å². The van der Waals surface area contributed by atoms with Crippen LogP contribution in [0.4, 0.5) is 0 Å². The number of benzene rings is 2. The van der Waals surface area contributed by atoms with Gasteiger partial charge in [-0.05, 0) is 30.3 Å². The number of rotatable bonds is 5. The Balaban J connectivity index is 2.15. The summed E-state index contributed by atoms with van der Waals surface area (Å²) in [5.74, 6) is 1.22. The monoisotopic (exact) mass is 303 g/mol. The molecule has 0 saturated heterocycles. The maximum atomic E-state index is 9.36. The van der Waals surface area contributed by atoms with E-state index in [0.29, 0.717) is 27.6 Å². The molecule has 21 heavy (non-hydrogen) atoms. The molecule has 4 nitrogen and oxygen atoms in total. The number of nitriles is 1. The first-order valence-corrected chi connectivity index (χ1v) is 6.65. The Morgan fingerprint density at radius 1 is 1.19 bits per heavy atom. The highest BCUT2D eigenvalue weighted by Gasteiger charge is 2.07. The molecule has 2 rings (SSSR count). The summed E-state index contributed by atoms with van der Waals surface area (Å²) in [6, 6.07) is 12.3. The normalized spacial score (nSPS) is 10.0. The van der Waals surface area contributed by atoms with E-state index in [1.807, 2.05) is 6.07 Å². The molecule has 5 heteroatoms. The zero-order chi connectivity index (χ0) is 15.2. The van der Waals surface area contributed by atoms with E-state index < -0.39 is 0 Å². The van der Waals surface area contributed by atoms with Gasteiger partial charge in [-0.15, -0.1) is 0 Å². The summed E-state index contributed by atoms with van der Waals surface area (Å²) < 4.78 is 10.8. The van der Waals surface area contributed by atoms with Gasteiger partial charge in [0.25, 0.3) is 0 Å². The molecule has 1 N–H and O–H groups in total. The average molecular weight is 304 g/mol. The third-order valence-electron chi connectivity index (χ3n) is 3.00. The molecule has 0 aliphatic rings. The van der Waals surface area contributed by atoms with E-state index in [1.54, 1.807) is 43.5 Å². The van der Waals surface area contributed by atoms with Crippen LogP contribution in [0.2, 0.25) is 5.02 Å². The van der Waals surface area contributed by atoms with Gasteiger partial charge in [0.2, 0.25) is 0 Å². The van der Waals surface area contributed by atoms with Crippen molar-refractivity contribution in [3.63, 3.8) is 0 Å². The van der Waals surface area contributed by atoms with E-state index in [0.717, 1.165) is 5.56 Å². The lowest BCUT2D eigenvalue weighted by Crippen LogP contribution is -2.00. The number of nitrogens with zero attached hydrogens (tertiary/aromatic N) is 1. The van der Waals surface area contributed by atoms with Gasteiger partial charge in [0, 0.05) is 16.1 Å². The predicted molar refractivity (Wildman–Crippen MR) is 79.4 cm³/mol. The first-order valence-electron chi connectivity index (χ1n) is 6.27. The van der Waals surface area contributed by atoms with Gasteiger partial charge in [-0.1, -0.05) is 17.7 Å². The van der Waals surface area contributed by atoms with Crippen molar-refractivity contribution in [1.29, 1.82) is 5.26 Å². The molecule has 0 heterocycles. The zero-order valence-corrected chi connectivity index (χ0v) is 12.2. The highest BCUT2D eigenvalue weighted by molar-refractivity contribution is 6.31. The van der Waals surface area contributed by atoms with Crippen LogP contribution >= 0.6 is 11.6 Å². The Morgan fingerprint density at radius 3 is 2.62 bits per heavy atom. The van der Waals surface area contributed by atoms with Crippen LogP contribution in [-0.2, 0) is 13.2 Å². The van der Waals surface area contributed by atoms with Gasteiger partial charge in [0.05, 0.1) is 25.3 Å². The highest BCUT2D eigenvalue weighted by atomic mass is 35.5. The third-order valence-corrected chi connectivity index (χ3v) is 3.36. The fraction of sp³-hybridized carbons (Fsp3) is 0.188. The van der Waals surface area contributed by atoms with E-state index in [4.69, 9.17) is 26.3 Å². The van der Waals surface area contributed by atoms with Crippen molar-refractivity contribution in [2.45, 2.75) is 13.2 Å². The molecule has 0 saturated carbocycles. The second kappa shape index (κ2) is 6.98. The molecule has 0 atom stereocenters. The van der Waals surface area contributed by atoms with Crippen LogP contribution in [0.15, 0.2) is 36.4 Å². The fourth-order valence-electron chi connectivity index (χ4n) is 1.84. The smallest absolute Gasteiger partial charge is 0.125 e. The minimum Gasteiger partial charge on any atom is -0.497 e. The quantitative estimate of drug-likeness (QED) is 0.920. The first-order chi connectivity index (χ1) is 10.2. The number of methoxy groups -OCH3 is 1. The third kappa shape index (κ3) is 3.66. The molecule has 0 aliphatic carbocycles. The number of hydrogen-bond acceptors (Lipinski definition) is 4. The molecular formula is C16H14ClNO3. The van der Waals surface area contributed by atoms with E-state index in [9.17, 15) is 5.11 Å². The summed E-state index contributed by atoms with van der Waals surface area (Å²) in [5, 5.41) is 18.6. The van der Waals surface area contributed by atoms with Gasteiger partial charge in [-0.2, -0.15) is 5.26 Å². The van der Waals surface area contributed by atoms with Crippen molar-refractivity contribution in [2.75, 3.05) is 7.11 Å². The SMILES string of the molecule is COc1ccc(OCc2ccc(C#N)cc2Cl)c(CO)c1. The average Bonchev–Trinajstić information content (AvgIpc) is 2.53. The predicted octanol–water partition coefficient (Wildman–Crippen LogP) is 3.29. The van der Waals surface area contributed by atoms with E-state index >= 15 is 0 Å². The molecular weight excluding hydrogens is 290 g/mol. The maximum Gasteiger partial charge on any atom is 0.125 e. The molecule has 0 aromatic heterocycles. The Morgan fingerprint density at radius 2 is 2.00 bits per heavy atom. The molecule has 0 bridgehead atoms. The van der Waals surface area contributed by atoms with Gasteiger partial charge in [0.15, 0.2) is 0 Å². The van der Waals surface area contributed by atoms with Crippen LogP contribution in [0.25, 0.3) is 0 Å². The molecule has 0 radical (unpaired) electrons. The van der Waals surface area contributed by atoms with Crippen LogP contribution in [0.1, 0.15) is 16.7 Å². The molecule has 0 aliphatic heterocycles. The summed E-state index contributed by atoms with van der Waals surface area (Å²) in [6.45, 7) is 0.109. The van der Waals surface area contributed by atoms with Crippen LogP contribution in [0.5, 0.6) is 11.5 Å². The number of aliphatic hydroxyl groups is 1. The number of halogens is 1. The maximum absolute atomic E-state index is 9.36. The van der Waals surface area contributed by atoms with E-state index in [1.165, 1.54) is 0 Å². The summed E-state index contributed by atoms with van der Waals surface area (Å²) >= 11 is 6.10. The molecule has 2 aromatic rings. The van der Waals surface area contributed by atoms with Crippen LogP contribution in [0.3, 0.4) is 0 Å². The Labute approximate surface area is 128 Å². The van der Waals surface area contributed by atoms with E-state index in [2.05, 4.69) is 0 Å². The van der Waals surface area contributed by atoms with Crippen molar-refractivity contribution in [3.05, 3.63) is 58.1 Å². The van der Waals surface area contributed by atoms with Gasteiger partial charge < -0.3 is 14.6 Å². The first kappa shape index (κ1) is 15.2. The van der Waals surface area contributed by atoms with Crippen molar-refractivity contribution < 1.29 is 14.6 Å². The molecule has 108 valence electrons. The Hall–Kier alpha value is -2.22. The second-order valence-corrected chi connectivity index (χ2v) is 4.75. The van der Waals surface area contributed by atoms with E-state index in [-0.39, 0.29) is 13.2 Å². The highest BCUT2D eigenvalue weighted by Crippen LogP contribution is 2.26. The minimum absolute atomic E-state index is 0.145. The Bertz CT molecular complexity index is 680. The van der Waals surface area contributed by atoms with Crippen molar-refractivity contribution in [2.24, 2.45) is 0 Å². The summed E-state index contributed by atoms with van der Waals surface area (Å²) in [4.78, 5) is 0. The minimum atomic E-state index is -0.145. The summed E-state index contributed by atoms with van der Waals surface area (Å²) in [6.07, 6.45) is 0. The van der Waals surface area contributed by atoms with Gasteiger partial charge in [-0.25, -0.2) is 0 Å². The lowest BCUT2D eigenvalue weighted by atomic mass is 10.1. The fourth-order valence-corrected chi connectivity index (χ4v) is 2.07. The van der Waals surface area contributed by atoms with Gasteiger partial charge >= 0.3 is 0 Å². The summed E-state index contributed by atoms with van der Waals surface area (Å²) in [7, 11) is 1.56. The molecule has 0 unspecified atom stereocenters. The number of ether oxygens (including phenoxy) is 2. The Kier molecular flexibility index (Phi) is 5.04. The second-order valence-electron chi connectivity index (χ2n) is 4.34. The lowest BCUT2D eigenvalue weighted by molar-refractivity contribution is 0.258. The van der Waals surface area contributed by atoms with Gasteiger partial charge in [-0.3, -0.25) is 0 Å². The molecule has 0 fully saturated rings. The number of aliphatic hydroxyl groups excluding tert-OH is 1. The lowest BCUT2D eigenvalue weighted by Gasteiger charge is -2.12. The standard InChI is InChI=1S/C16H14ClNO3/c1-20-14-4-5-16(13(7-14)9-19)21-10-12-3-2-11(8-18)6-15(12)17/h2-7,19H,9-10H2,1H3. The van der Waals surface area contributed by atoms with Crippen LogP contribution in [-0.4, -0.2) is 12.2 Å². The van der Waals surface area contributed by atoms with Crippen molar-refractivity contribution >= 4 is 11.6 Å². The van der Waals surface area contributed by atoms with Gasteiger partial charge in [0.1, 0.15) is 18.1 Å². The zero-order valence-electron chi connectivity index (χ0n) is 11.5. The molecule has 2 aromatic carbocycles. The number of hydrogen-bond donors (Lipinski definition) is 1. The largest absolute Gasteiger partial charge is 0.497 e.